The Hall–Kier alpha value is -3.14. The molecule has 0 atom stereocenters. The maximum Gasteiger partial charge on any atom is 0.229 e. The maximum absolute atomic E-state index is 5.95. The number of hydrogen-bond donors (Lipinski definition) is 3. The predicted molar refractivity (Wildman–Crippen MR) is 100.0 cm³/mol. The summed E-state index contributed by atoms with van der Waals surface area (Å²) in [6.07, 6.45) is 1.55. The maximum atomic E-state index is 5.95. The second-order valence-electron chi connectivity index (χ2n) is 5.68. The molecular weight excluding hydrogens is 331 g/mol. The van der Waals surface area contributed by atoms with Gasteiger partial charge < -0.3 is 20.4 Å². The third kappa shape index (κ3) is 3.18. The molecular formula is C16H17BN8O. The molecule has 0 unspecified atom stereocenters. The first-order chi connectivity index (χ1) is 12.7. The topological polar surface area (TPSA) is 105 Å². The number of imidazole rings is 1. The van der Waals surface area contributed by atoms with Gasteiger partial charge in [0.05, 0.1) is 24.2 Å². The van der Waals surface area contributed by atoms with Crippen LogP contribution in [0.15, 0.2) is 30.5 Å². The van der Waals surface area contributed by atoms with Crippen LogP contribution in [0.1, 0.15) is 5.82 Å². The first-order valence-corrected chi connectivity index (χ1v) is 8.16. The van der Waals surface area contributed by atoms with Crippen molar-refractivity contribution in [1.29, 1.82) is 0 Å². The number of fused-ring (bicyclic) bond motifs is 2. The quantitative estimate of drug-likeness (QED) is 0.329. The number of hydrogen-bond acceptors (Lipinski definition) is 7. The van der Waals surface area contributed by atoms with Crippen molar-refractivity contribution in [1.82, 2.24) is 29.5 Å². The van der Waals surface area contributed by atoms with Gasteiger partial charge in [0, 0.05) is 19.9 Å². The van der Waals surface area contributed by atoms with Gasteiger partial charge in [0.1, 0.15) is 13.7 Å². The molecule has 0 saturated carbocycles. The number of H-pyrrole nitrogens is 1. The molecule has 0 aliphatic carbocycles. The molecule has 4 aromatic rings. The molecule has 26 heavy (non-hydrogen) atoms. The van der Waals surface area contributed by atoms with Crippen LogP contribution in [0.3, 0.4) is 0 Å². The molecule has 1 aromatic carbocycles. The zero-order valence-corrected chi connectivity index (χ0v) is 14.2. The van der Waals surface area contributed by atoms with Crippen molar-refractivity contribution in [3.63, 3.8) is 0 Å². The monoisotopic (exact) mass is 348 g/mol. The van der Waals surface area contributed by atoms with Crippen LogP contribution >= 0.6 is 0 Å². The van der Waals surface area contributed by atoms with Crippen LogP contribution in [0.25, 0.3) is 16.7 Å². The summed E-state index contributed by atoms with van der Waals surface area (Å²) in [7, 11) is 7.59. The summed E-state index contributed by atoms with van der Waals surface area (Å²) in [6.45, 7) is 1.59. The Bertz CT molecular complexity index is 1010. The van der Waals surface area contributed by atoms with Crippen molar-refractivity contribution in [3.8, 4) is 0 Å². The van der Waals surface area contributed by atoms with E-state index in [1.54, 1.807) is 17.8 Å². The summed E-state index contributed by atoms with van der Waals surface area (Å²) in [5, 5.41) is 10.6. The number of ether oxygens (including phenoxy) is 1. The summed E-state index contributed by atoms with van der Waals surface area (Å²) in [5.41, 5.74) is 2.92. The van der Waals surface area contributed by atoms with Gasteiger partial charge >= 0.3 is 0 Å². The number of anilines is 2. The van der Waals surface area contributed by atoms with Crippen LogP contribution in [-0.4, -0.2) is 57.7 Å². The van der Waals surface area contributed by atoms with Crippen LogP contribution in [0.5, 0.6) is 0 Å². The average Bonchev–Trinajstić information content (AvgIpc) is 3.23. The predicted octanol–water partition coefficient (Wildman–Crippen LogP) is 0.465. The highest BCUT2D eigenvalue weighted by Crippen LogP contribution is 2.13. The fourth-order valence-corrected chi connectivity index (χ4v) is 2.61. The molecule has 130 valence electrons. The zero-order chi connectivity index (χ0) is 17.9. The average molecular weight is 348 g/mol. The smallest absolute Gasteiger partial charge is 0.229 e. The molecule has 4 rings (SSSR count). The number of benzene rings is 1. The number of nitrogens with one attached hydrogen (secondary N) is 3. The zero-order valence-electron chi connectivity index (χ0n) is 14.2. The Morgan fingerprint density at radius 1 is 1.19 bits per heavy atom. The van der Waals surface area contributed by atoms with Crippen LogP contribution in [0.4, 0.5) is 11.9 Å². The first kappa shape index (κ1) is 16.3. The van der Waals surface area contributed by atoms with Gasteiger partial charge in [-0.25, -0.2) is 4.98 Å². The lowest BCUT2D eigenvalue weighted by atomic mass is 10.0. The van der Waals surface area contributed by atoms with E-state index >= 15 is 0 Å². The van der Waals surface area contributed by atoms with E-state index in [1.165, 1.54) is 0 Å². The lowest BCUT2D eigenvalue weighted by Gasteiger charge is -2.10. The number of para-hydroxylation sites is 2. The van der Waals surface area contributed by atoms with E-state index in [0.29, 0.717) is 42.7 Å². The van der Waals surface area contributed by atoms with Crippen LogP contribution in [-0.2, 0) is 11.3 Å². The van der Waals surface area contributed by atoms with Crippen molar-refractivity contribution >= 4 is 41.9 Å². The molecule has 3 N–H and O–H groups in total. The van der Waals surface area contributed by atoms with Gasteiger partial charge in [0.2, 0.25) is 11.9 Å². The molecule has 0 amide bonds. The summed E-state index contributed by atoms with van der Waals surface area (Å²) in [4.78, 5) is 16.7. The highest BCUT2D eigenvalue weighted by Gasteiger charge is 2.11. The van der Waals surface area contributed by atoms with Crippen molar-refractivity contribution in [2.75, 3.05) is 30.9 Å². The summed E-state index contributed by atoms with van der Waals surface area (Å²) in [6, 6.07) is 7.87. The van der Waals surface area contributed by atoms with Crippen molar-refractivity contribution in [3.05, 3.63) is 36.3 Å². The third-order valence-electron chi connectivity index (χ3n) is 3.84. The van der Waals surface area contributed by atoms with Crippen LogP contribution in [0, 0.1) is 0 Å². The molecule has 0 bridgehead atoms. The van der Waals surface area contributed by atoms with E-state index in [9.17, 15) is 0 Å². The van der Waals surface area contributed by atoms with E-state index in [2.05, 4.69) is 35.7 Å². The Labute approximate surface area is 150 Å². The van der Waals surface area contributed by atoms with E-state index in [1.807, 2.05) is 24.3 Å². The molecule has 2 radical (unpaired) electrons. The Morgan fingerprint density at radius 3 is 2.92 bits per heavy atom. The number of aromatic nitrogens is 6. The van der Waals surface area contributed by atoms with E-state index in [4.69, 9.17) is 12.6 Å². The van der Waals surface area contributed by atoms with E-state index in [0.717, 1.165) is 16.9 Å². The van der Waals surface area contributed by atoms with Crippen molar-refractivity contribution < 1.29 is 4.74 Å². The van der Waals surface area contributed by atoms with Gasteiger partial charge in [-0.05, 0) is 17.6 Å². The van der Waals surface area contributed by atoms with E-state index in [-0.39, 0.29) is 0 Å². The standard InChI is InChI=1S/C16H17BN8O/c1-26-7-6-18-15-23-14-10(17)8-20-25(14)16(24-15)19-9-13-21-11-4-2-3-5-12(11)22-13/h2-5,8H,6-7,9H2,1H3,(H,21,22)(H2,18,19,23,24). The van der Waals surface area contributed by atoms with Crippen LogP contribution in [0.2, 0.25) is 0 Å². The second-order valence-corrected chi connectivity index (χ2v) is 5.68. The minimum absolute atomic E-state index is 0.453. The number of rotatable bonds is 7. The fourth-order valence-electron chi connectivity index (χ4n) is 2.61. The Kier molecular flexibility index (Phi) is 4.40. The van der Waals surface area contributed by atoms with E-state index < -0.39 is 0 Å². The minimum Gasteiger partial charge on any atom is -0.383 e. The van der Waals surface area contributed by atoms with Gasteiger partial charge in [0.15, 0.2) is 5.65 Å². The number of methoxy groups -OCH3 is 1. The van der Waals surface area contributed by atoms with Crippen molar-refractivity contribution in [2.45, 2.75) is 6.54 Å². The molecule has 9 nitrogen and oxygen atoms in total. The number of nitrogens with zero attached hydrogens (tertiary/aromatic N) is 5. The Balaban J connectivity index is 1.59. The molecule has 3 aromatic heterocycles. The second kappa shape index (κ2) is 7.00. The lowest BCUT2D eigenvalue weighted by Crippen LogP contribution is -2.16. The molecule has 0 saturated heterocycles. The summed E-state index contributed by atoms with van der Waals surface area (Å²) in [5.74, 6) is 1.77. The van der Waals surface area contributed by atoms with Gasteiger partial charge in [-0.1, -0.05) is 12.1 Å². The third-order valence-corrected chi connectivity index (χ3v) is 3.84. The van der Waals surface area contributed by atoms with Gasteiger partial charge in [-0.3, -0.25) is 0 Å². The summed E-state index contributed by atoms with van der Waals surface area (Å²) >= 11 is 0. The molecule has 0 aliphatic heterocycles. The Morgan fingerprint density at radius 2 is 2.08 bits per heavy atom. The van der Waals surface area contributed by atoms with Crippen LogP contribution < -0.4 is 16.1 Å². The van der Waals surface area contributed by atoms with Gasteiger partial charge in [-0.2, -0.15) is 19.6 Å². The van der Waals surface area contributed by atoms with Gasteiger partial charge in [-0.15, -0.1) is 0 Å². The highest BCUT2D eigenvalue weighted by atomic mass is 16.5. The molecule has 3 heterocycles. The lowest BCUT2D eigenvalue weighted by molar-refractivity contribution is 0.210. The normalized spacial score (nSPS) is 11.3. The molecule has 10 heteroatoms. The molecule has 0 spiro atoms. The molecule has 0 fully saturated rings. The van der Waals surface area contributed by atoms with Crippen molar-refractivity contribution in [2.24, 2.45) is 0 Å². The largest absolute Gasteiger partial charge is 0.383 e. The SMILES string of the molecule is [B]c1cnn2c(NCc3nc4ccccc4[nH]3)nc(NCCOC)nc12. The first-order valence-electron chi connectivity index (χ1n) is 8.16. The summed E-state index contributed by atoms with van der Waals surface area (Å²) < 4.78 is 6.60. The fraction of sp³-hybridized carbons (Fsp3) is 0.250. The number of aromatic amines is 1. The minimum atomic E-state index is 0.453. The highest BCUT2D eigenvalue weighted by molar-refractivity contribution is 6.36. The van der Waals surface area contributed by atoms with Gasteiger partial charge in [0.25, 0.3) is 0 Å². The molecule has 0 aliphatic rings.